The number of benzene rings is 2. The predicted octanol–water partition coefficient (Wildman–Crippen LogP) is 4.16. The van der Waals surface area contributed by atoms with Gasteiger partial charge in [-0.1, -0.05) is 6.07 Å². The van der Waals surface area contributed by atoms with E-state index in [0.29, 0.717) is 37.3 Å². The third-order valence-corrected chi connectivity index (χ3v) is 4.99. The summed E-state index contributed by atoms with van der Waals surface area (Å²) < 4.78 is 26.7. The van der Waals surface area contributed by atoms with Crippen LogP contribution in [0.2, 0.25) is 0 Å². The summed E-state index contributed by atoms with van der Waals surface area (Å²) in [6.07, 6.45) is 3.76. The zero-order chi connectivity index (χ0) is 21.3. The molecule has 0 aliphatic carbocycles. The smallest absolute Gasteiger partial charge is 0.164 e. The SMILES string of the molecule is CCOc1cc(F)ccc1OCCN[C@H](C)Cc1ccc2c(ccn2CCCO)c1. The second-order valence-corrected chi connectivity index (χ2v) is 7.41. The lowest BCUT2D eigenvalue weighted by Crippen LogP contribution is -2.31. The van der Waals surface area contributed by atoms with Gasteiger partial charge in [-0.25, -0.2) is 4.39 Å². The van der Waals surface area contributed by atoms with E-state index in [1.54, 1.807) is 6.07 Å². The molecular weight excluding hydrogens is 383 g/mol. The van der Waals surface area contributed by atoms with E-state index in [0.717, 1.165) is 19.4 Å². The van der Waals surface area contributed by atoms with Crippen molar-refractivity contribution >= 4 is 10.9 Å². The molecule has 162 valence electrons. The van der Waals surface area contributed by atoms with Gasteiger partial charge in [-0.2, -0.15) is 0 Å². The normalized spacial score (nSPS) is 12.3. The van der Waals surface area contributed by atoms with Crippen LogP contribution in [0.5, 0.6) is 11.5 Å². The van der Waals surface area contributed by atoms with Crippen molar-refractivity contribution in [1.29, 1.82) is 0 Å². The Morgan fingerprint density at radius 2 is 1.97 bits per heavy atom. The molecule has 0 aliphatic rings. The van der Waals surface area contributed by atoms with E-state index in [1.165, 1.54) is 28.6 Å². The number of hydrogen-bond acceptors (Lipinski definition) is 4. The van der Waals surface area contributed by atoms with Crippen molar-refractivity contribution in [2.75, 3.05) is 26.4 Å². The minimum atomic E-state index is -0.335. The molecule has 0 spiro atoms. The maximum atomic E-state index is 13.4. The lowest BCUT2D eigenvalue weighted by Gasteiger charge is -2.16. The highest BCUT2D eigenvalue weighted by Crippen LogP contribution is 2.27. The maximum Gasteiger partial charge on any atom is 0.164 e. The summed E-state index contributed by atoms with van der Waals surface area (Å²) in [5.74, 6) is 0.659. The van der Waals surface area contributed by atoms with Crippen LogP contribution in [0.25, 0.3) is 10.9 Å². The van der Waals surface area contributed by atoms with Gasteiger partial charge in [0, 0.05) is 43.5 Å². The van der Waals surface area contributed by atoms with E-state index < -0.39 is 0 Å². The number of aromatic nitrogens is 1. The molecule has 0 saturated heterocycles. The van der Waals surface area contributed by atoms with Gasteiger partial charge in [-0.3, -0.25) is 0 Å². The van der Waals surface area contributed by atoms with Crippen LogP contribution in [0.3, 0.4) is 0 Å². The molecule has 0 saturated carbocycles. The van der Waals surface area contributed by atoms with Crippen molar-refractivity contribution in [2.45, 2.75) is 39.3 Å². The van der Waals surface area contributed by atoms with Gasteiger partial charge in [-0.15, -0.1) is 0 Å². The Hall–Kier alpha value is -2.57. The number of hydrogen-bond donors (Lipinski definition) is 2. The molecule has 5 nitrogen and oxygen atoms in total. The van der Waals surface area contributed by atoms with Crippen molar-refractivity contribution in [2.24, 2.45) is 0 Å². The molecule has 3 aromatic rings. The quantitative estimate of drug-likeness (QED) is 0.437. The molecule has 0 fully saturated rings. The highest BCUT2D eigenvalue weighted by atomic mass is 19.1. The molecule has 0 unspecified atom stereocenters. The summed E-state index contributed by atoms with van der Waals surface area (Å²) in [6.45, 7) is 6.67. The van der Waals surface area contributed by atoms with Crippen LogP contribution in [0.1, 0.15) is 25.8 Å². The molecule has 1 aromatic heterocycles. The summed E-state index contributed by atoms with van der Waals surface area (Å²) >= 11 is 0. The number of aliphatic hydroxyl groups excluding tert-OH is 1. The number of halogens is 1. The van der Waals surface area contributed by atoms with Crippen LogP contribution in [-0.2, 0) is 13.0 Å². The standard InChI is InChI=1S/C24H31FN2O3/c1-3-29-24-17-21(25)6-8-23(24)30-14-10-26-18(2)15-19-5-7-22-20(16-19)9-12-27(22)11-4-13-28/h5-9,12,16-18,26,28H,3-4,10-11,13-15H2,1-2H3/t18-/m1/s1. The molecule has 0 radical (unpaired) electrons. The lowest BCUT2D eigenvalue weighted by molar-refractivity contribution is 0.271. The molecule has 1 atom stereocenters. The van der Waals surface area contributed by atoms with E-state index in [-0.39, 0.29) is 12.4 Å². The highest BCUT2D eigenvalue weighted by Gasteiger charge is 2.08. The zero-order valence-electron chi connectivity index (χ0n) is 17.7. The van der Waals surface area contributed by atoms with Gasteiger partial charge in [0.1, 0.15) is 12.4 Å². The van der Waals surface area contributed by atoms with Crippen LogP contribution >= 0.6 is 0 Å². The molecule has 0 aliphatic heterocycles. The van der Waals surface area contributed by atoms with Gasteiger partial charge in [0.05, 0.1) is 6.61 Å². The molecule has 2 aromatic carbocycles. The average molecular weight is 415 g/mol. The van der Waals surface area contributed by atoms with E-state index in [1.807, 2.05) is 6.92 Å². The fourth-order valence-electron chi connectivity index (χ4n) is 3.57. The third-order valence-electron chi connectivity index (χ3n) is 4.99. The number of rotatable bonds is 12. The van der Waals surface area contributed by atoms with Crippen LogP contribution in [0.4, 0.5) is 4.39 Å². The Morgan fingerprint density at radius 1 is 1.10 bits per heavy atom. The molecule has 0 bridgehead atoms. The van der Waals surface area contributed by atoms with Gasteiger partial charge in [-0.05, 0) is 68.0 Å². The minimum Gasteiger partial charge on any atom is -0.490 e. The Kier molecular flexibility index (Phi) is 8.11. The first-order valence-electron chi connectivity index (χ1n) is 10.6. The Balaban J connectivity index is 1.47. The first kappa shape index (κ1) is 22.1. The summed E-state index contributed by atoms with van der Waals surface area (Å²) in [5.41, 5.74) is 2.48. The maximum absolute atomic E-state index is 13.4. The molecule has 6 heteroatoms. The van der Waals surface area contributed by atoms with Crippen LogP contribution in [-0.4, -0.2) is 42.1 Å². The largest absolute Gasteiger partial charge is 0.490 e. The highest BCUT2D eigenvalue weighted by molar-refractivity contribution is 5.80. The summed E-state index contributed by atoms with van der Waals surface area (Å²) in [4.78, 5) is 0. The van der Waals surface area contributed by atoms with Crippen molar-refractivity contribution < 1.29 is 19.0 Å². The summed E-state index contributed by atoms with van der Waals surface area (Å²) in [7, 11) is 0. The zero-order valence-corrected chi connectivity index (χ0v) is 17.7. The summed E-state index contributed by atoms with van der Waals surface area (Å²) in [6, 6.07) is 13.3. The Morgan fingerprint density at radius 3 is 2.77 bits per heavy atom. The first-order valence-corrected chi connectivity index (χ1v) is 10.6. The molecule has 1 heterocycles. The number of ether oxygens (including phenoxy) is 2. The van der Waals surface area contributed by atoms with Crippen molar-refractivity contribution in [3.63, 3.8) is 0 Å². The second-order valence-electron chi connectivity index (χ2n) is 7.41. The van der Waals surface area contributed by atoms with Gasteiger partial charge in [0.15, 0.2) is 11.5 Å². The predicted molar refractivity (Wildman–Crippen MR) is 118 cm³/mol. The topological polar surface area (TPSA) is 55.7 Å². The van der Waals surface area contributed by atoms with E-state index in [9.17, 15) is 4.39 Å². The van der Waals surface area contributed by atoms with Gasteiger partial charge >= 0.3 is 0 Å². The van der Waals surface area contributed by atoms with E-state index >= 15 is 0 Å². The van der Waals surface area contributed by atoms with E-state index in [4.69, 9.17) is 14.6 Å². The van der Waals surface area contributed by atoms with E-state index in [2.05, 4.69) is 47.3 Å². The van der Waals surface area contributed by atoms with Gasteiger partial charge in [0.2, 0.25) is 0 Å². The molecule has 3 rings (SSSR count). The Bertz CT molecular complexity index is 941. The van der Waals surface area contributed by atoms with Crippen LogP contribution in [0.15, 0.2) is 48.7 Å². The Labute approximate surface area is 177 Å². The number of aryl methyl sites for hydroxylation is 1. The van der Waals surface area contributed by atoms with Crippen molar-refractivity contribution in [3.8, 4) is 11.5 Å². The van der Waals surface area contributed by atoms with Gasteiger partial charge in [0.25, 0.3) is 0 Å². The molecule has 0 amide bonds. The minimum absolute atomic E-state index is 0.207. The van der Waals surface area contributed by atoms with Crippen molar-refractivity contribution in [1.82, 2.24) is 9.88 Å². The molecule has 2 N–H and O–H groups in total. The third kappa shape index (κ3) is 5.97. The van der Waals surface area contributed by atoms with Crippen molar-refractivity contribution in [3.05, 3.63) is 60.0 Å². The fraction of sp³-hybridized carbons (Fsp3) is 0.417. The molecule has 30 heavy (non-hydrogen) atoms. The lowest BCUT2D eigenvalue weighted by atomic mass is 10.1. The fourth-order valence-corrected chi connectivity index (χ4v) is 3.57. The average Bonchev–Trinajstić information content (AvgIpc) is 3.13. The second kappa shape index (κ2) is 11.0. The van der Waals surface area contributed by atoms with Crippen LogP contribution < -0.4 is 14.8 Å². The number of nitrogens with zero attached hydrogens (tertiary/aromatic N) is 1. The number of nitrogens with one attached hydrogen (secondary N) is 1. The number of aliphatic hydroxyl groups is 1. The molecular formula is C24H31FN2O3. The van der Waals surface area contributed by atoms with Gasteiger partial charge < -0.3 is 24.5 Å². The number of fused-ring (bicyclic) bond motifs is 1. The monoisotopic (exact) mass is 414 g/mol. The van der Waals surface area contributed by atoms with Crippen LogP contribution in [0, 0.1) is 5.82 Å². The first-order chi connectivity index (χ1) is 14.6. The summed E-state index contributed by atoms with van der Waals surface area (Å²) in [5, 5.41) is 13.7.